The van der Waals surface area contributed by atoms with Crippen LogP contribution in [0.25, 0.3) is 11.1 Å². The molecule has 2 aliphatic carbocycles. The Bertz CT molecular complexity index is 1010. The fraction of sp³-hybridized carbons (Fsp3) is 0.0588. The van der Waals surface area contributed by atoms with Gasteiger partial charge in [0.25, 0.3) is 0 Å². The third-order valence-electron chi connectivity index (χ3n) is 4.77. The minimum atomic E-state index is 0. The molecule has 1 heteroatoms. The Kier molecular flexibility index (Phi) is 14.3. The van der Waals surface area contributed by atoms with Gasteiger partial charge >= 0.3 is 21.7 Å². The van der Waals surface area contributed by atoms with Crippen LogP contribution in [0.15, 0.2) is 146 Å². The number of hydrogen-bond acceptors (Lipinski definition) is 0. The molecule has 0 heterocycles. The van der Waals surface area contributed by atoms with Gasteiger partial charge in [0, 0.05) is 0 Å². The standard InChI is InChI=1S/2C11H9.2C6H5.Ti/c2*1-2-6-10(7-3-1)11-8-4-5-9-11;2*1-2-4-6-5-3-1;/h2*1-4,6-8H,5H2;2*1-5H;/q4*-1;+4. The van der Waals surface area contributed by atoms with Gasteiger partial charge in [-0.3, -0.25) is 0 Å². The molecule has 0 radical (unpaired) electrons. The van der Waals surface area contributed by atoms with E-state index in [0.717, 1.165) is 12.8 Å². The van der Waals surface area contributed by atoms with Crippen LogP contribution in [-0.2, 0) is 21.7 Å². The SMILES string of the molecule is [C-]1=C(c2ccccc2)C=CC1.[C-]1=C(c2ccccc2)C=CC1.[Ti+4].[c-]1ccccc1.[c-]1ccccc1. The van der Waals surface area contributed by atoms with E-state index in [1.807, 2.05) is 72.8 Å². The Morgan fingerprint density at radius 3 is 1.00 bits per heavy atom. The predicted molar refractivity (Wildman–Crippen MR) is 144 cm³/mol. The summed E-state index contributed by atoms with van der Waals surface area (Å²) in [4.78, 5) is 0. The van der Waals surface area contributed by atoms with Crippen molar-refractivity contribution < 1.29 is 21.7 Å². The van der Waals surface area contributed by atoms with Crippen molar-refractivity contribution in [2.45, 2.75) is 12.8 Å². The van der Waals surface area contributed by atoms with E-state index in [1.165, 1.54) is 22.3 Å². The first-order chi connectivity index (χ1) is 16.9. The van der Waals surface area contributed by atoms with E-state index in [-0.39, 0.29) is 21.7 Å². The maximum Gasteiger partial charge on any atom is 4.00 e. The van der Waals surface area contributed by atoms with Gasteiger partial charge in [0.2, 0.25) is 0 Å². The first-order valence-corrected chi connectivity index (χ1v) is 11.4. The van der Waals surface area contributed by atoms with Gasteiger partial charge in [0.15, 0.2) is 0 Å². The minimum absolute atomic E-state index is 0. The third-order valence-corrected chi connectivity index (χ3v) is 4.77. The van der Waals surface area contributed by atoms with Crippen LogP contribution < -0.4 is 0 Å². The molecule has 0 bridgehead atoms. The summed E-state index contributed by atoms with van der Waals surface area (Å²) in [6, 6.07) is 45.7. The van der Waals surface area contributed by atoms with Gasteiger partial charge in [-0.15, -0.1) is 47.5 Å². The monoisotopic (exact) mass is 484 g/mol. The van der Waals surface area contributed by atoms with Crippen LogP contribution in [0.2, 0.25) is 0 Å². The first-order valence-electron chi connectivity index (χ1n) is 11.4. The zero-order valence-electron chi connectivity index (χ0n) is 19.8. The molecule has 0 unspecified atom stereocenters. The molecule has 0 amide bonds. The van der Waals surface area contributed by atoms with Crippen molar-refractivity contribution in [1.29, 1.82) is 0 Å². The molecule has 4 aromatic carbocycles. The molecule has 0 saturated heterocycles. The van der Waals surface area contributed by atoms with Crippen LogP contribution in [0.3, 0.4) is 0 Å². The Morgan fingerprint density at radius 2 is 0.771 bits per heavy atom. The van der Waals surface area contributed by atoms with Crippen LogP contribution in [0.4, 0.5) is 0 Å². The average molecular weight is 484 g/mol. The zero-order valence-corrected chi connectivity index (χ0v) is 21.3. The fourth-order valence-corrected chi connectivity index (χ4v) is 3.13. The largest absolute Gasteiger partial charge is 4.00 e. The van der Waals surface area contributed by atoms with E-state index in [0.29, 0.717) is 0 Å². The van der Waals surface area contributed by atoms with Crippen LogP contribution in [0, 0.1) is 24.3 Å². The Labute approximate surface area is 226 Å². The van der Waals surface area contributed by atoms with Crippen LogP contribution in [-0.4, -0.2) is 0 Å². The summed E-state index contributed by atoms with van der Waals surface area (Å²) in [5.41, 5.74) is 4.98. The predicted octanol–water partition coefficient (Wildman–Crippen LogP) is 8.64. The van der Waals surface area contributed by atoms with Gasteiger partial charge in [-0.25, -0.2) is 0 Å². The Balaban J connectivity index is 0.000000170. The van der Waals surface area contributed by atoms with Gasteiger partial charge in [0.05, 0.1) is 0 Å². The smallest absolute Gasteiger partial charge is 0.197 e. The second kappa shape index (κ2) is 18.0. The molecule has 0 spiro atoms. The summed E-state index contributed by atoms with van der Waals surface area (Å²) in [6.07, 6.45) is 17.0. The van der Waals surface area contributed by atoms with Crippen molar-refractivity contribution in [2.24, 2.45) is 0 Å². The third kappa shape index (κ3) is 11.5. The van der Waals surface area contributed by atoms with Gasteiger partial charge in [-0.1, -0.05) is 49.2 Å². The molecule has 0 aliphatic heterocycles. The Hall–Kier alpha value is -3.45. The normalized spacial score (nSPS) is 12.2. The number of rotatable bonds is 2. The first kappa shape index (κ1) is 27.8. The molecule has 4 aromatic rings. The molecular formula is C34H28Ti. The maximum absolute atomic E-state index is 3.28. The molecule has 0 fully saturated rings. The van der Waals surface area contributed by atoms with E-state index in [1.54, 1.807) is 0 Å². The van der Waals surface area contributed by atoms with E-state index < -0.39 is 0 Å². The maximum atomic E-state index is 3.28. The second-order valence-electron chi connectivity index (χ2n) is 7.28. The van der Waals surface area contributed by atoms with Crippen molar-refractivity contribution in [3.63, 3.8) is 0 Å². The summed E-state index contributed by atoms with van der Waals surface area (Å²) in [7, 11) is 0. The van der Waals surface area contributed by atoms with E-state index in [4.69, 9.17) is 0 Å². The number of benzene rings is 4. The van der Waals surface area contributed by atoms with Gasteiger partial charge in [-0.2, -0.15) is 108 Å². The second-order valence-corrected chi connectivity index (χ2v) is 7.28. The van der Waals surface area contributed by atoms with E-state index >= 15 is 0 Å². The minimum Gasteiger partial charge on any atom is -0.197 e. The van der Waals surface area contributed by atoms with E-state index in [2.05, 4.69) is 97.1 Å². The quantitative estimate of drug-likeness (QED) is 0.197. The van der Waals surface area contributed by atoms with Gasteiger partial charge < -0.3 is 0 Å². The summed E-state index contributed by atoms with van der Waals surface area (Å²) in [5.74, 6) is 0. The molecule has 0 atom stereocenters. The summed E-state index contributed by atoms with van der Waals surface area (Å²) in [6.45, 7) is 0. The Morgan fingerprint density at radius 1 is 0.429 bits per heavy atom. The summed E-state index contributed by atoms with van der Waals surface area (Å²) >= 11 is 0. The molecule has 0 saturated carbocycles. The molecule has 0 N–H and O–H groups in total. The van der Waals surface area contributed by atoms with Crippen molar-refractivity contribution in [1.82, 2.24) is 0 Å². The average Bonchev–Trinajstić information content (AvgIpc) is 3.68. The molecule has 6 rings (SSSR count). The van der Waals surface area contributed by atoms with Crippen molar-refractivity contribution in [2.75, 3.05) is 0 Å². The van der Waals surface area contributed by atoms with Crippen molar-refractivity contribution in [3.8, 4) is 0 Å². The molecule has 35 heavy (non-hydrogen) atoms. The van der Waals surface area contributed by atoms with Crippen molar-refractivity contribution in [3.05, 3.63) is 181 Å². The molecule has 168 valence electrons. The molecule has 0 aromatic heterocycles. The molecule has 2 aliphatic rings. The summed E-state index contributed by atoms with van der Waals surface area (Å²) < 4.78 is 0. The fourth-order valence-electron chi connectivity index (χ4n) is 3.13. The topological polar surface area (TPSA) is 0 Å². The van der Waals surface area contributed by atoms with Gasteiger partial charge in [0.1, 0.15) is 0 Å². The van der Waals surface area contributed by atoms with Crippen LogP contribution in [0.5, 0.6) is 0 Å². The number of allylic oxidation sites excluding steroid dienone is 8. The molecule has 0 nitrogen and oxygen atoms in total. The summed E-state index contributed by atoms with van der Waals surface area (Å²) in [5, 5.41) is 0. The van der Waals surface area contributed by atoms with Crippen LogP contribution in [0.1, 0.15) is 24.0 Å². The zero-order chi connectivity index (χ0) is 23.5. The number of hydrogen-bond donors (Lipinski definition) is 0. The van der Waals surface area contributed by atoms with Gasteiger partial charge in [-0.05, 0) is 0 Å². The molecular weight excluding hydrogens is 456 g/mol. The van der Waals surface area contributed by atoms with E-state index in [9.17, 15) is 0 Å². The van der Waals surface area contributed by atoms with Crippen molar-refractivity contribution >= 4 is 11.1 Å². The van der Waals surface area contributed by atoms with Crippen LogP contribution >= 0.6 is 0 Å².